The molecule has 10 nitrogen and oxygen atoms in total. The topological polar surface area (TPSA) is 139 Å². The molecule has 6 rings (SSSR count). The van der Waals surface area contributed by atoms with Crippen LogP contribution in [0.25, 0.3) is 0 Å². The number of hydrogen-bond donors (Lipinski definition) is 0. The summed E-state index contributed by atoms with van der Waals surface area (Å²) >= 11 is 0. The number of sulfone groups is 1. The minimum absolute atomic E-state index is 0.00505. The lowest BCUT2D eigenvalue weighted by Crippen LogP contribution is -2.02. The zero-order valence-corrected chi connectivity index (χ0v) is 20.4. The van der Waals surface area contributed by atoms with Gasteiger partial charge in [-0.25, -0.2) is 27.6 Å². The van der Waals surface area contributed by atoms with Crippen LogP contribution in [0.1, 0.15) is 41.4 Å². The van der Waals surface area contributed by atoms with E-state index in [1.807, 2.05) is 0 Å². The predicted octanol–water partition coefficient (Wildman–Crippen LogP) is 4.73. The lowest BCUT2D eigenvalue weighted by Gasteiger charge is -2.10. The first-order chi connectivity index (χ1) is 18.7. The fourth-order valence-electron chi connectivity index (χ4n) is 4.14. The highest BCUT2D eigenvalue weighted by Gasteiger charge is 2.34. The summed E-state index contributed by atoms with van der Waals surface area (Å²) < 4.78 is 47.0. The van der Waals surface area contributed by atoms with Crippen molar-refractivity contribution in [2.75, 3.05) is 0 Å². The summed E-state index contributed by atoms with van der Waals surface area (Å²) in [4.78, 5) is 47.4. The molecule has 0 saturated heterocycles. The van der Waals surface area contributed by atoms with Gasteiger partial charge in [0.25, 0.3) is 0 Å². The zero-order chi connectivity index (χ0) is 27.3. The number of rotatable bonds is 6. The highest BCUT2D eigenvalue weighted by Crippen LogP contribution is 2.35. The van der Waals surface area contributed by atoms with Crippen molar-refractivity contribution in [3.8, 4) is 23.0 Å². The molecule has 0 atom stereocenters. The summed E-state index contributed by atoms with van der Waals surface area (Å²) in [5.74, 6) is -2.46. The van der Waals surface area contributed by atoms with E-state index in [0.717, 1.165) is 0 Å². The van der Waals surface area contributed by atoms with Gasteiger partial charge in [-0.1, -0.05) is 12.1 Å². The van der Waals surface area contributed by atoms with E-state index in [1.54, 1.807) is 0 Å². The van der Waals surface area contributed by atoms with Crippen LogP contribution in [-0.2, 0) is 19.3 Å². The lowest BCUT2D eigenvalue weighted by molar-refractivity contribution is 0.0424. The Hall–Kier alpha value is -5.29. The quantitative estimate of drug-likeness (QED) is 0.248. The largest absolute Gasteiger partial charge is 0.456 e. The molecule has 0 aromatic heterocycles. The van der Waals surface area contributed by atoms with Crippen LogP contribution >= 0.6 is 0 Å². The molecule has 0 bridgehead atoms. The Morgan fingerprint density at radius 3 is 1.26 bits per heavy atom. The normalized spacial score (nSPS) is 13.9. The number of benzene rings is 4. The first-order valence-corrected chi connectivity index (χ1v) is 12.8. The van der Waals surface area contributed by atoms with Crippen LogP contribution in [0.2, 0.25) is 0 Å². The third-order valence-corrected chi connectivity index (χ3v) is 7.78. The van der Waals surface area contributed by atoms with E-state index in [4.69, 9.17) is 9.47 Å². The minimum Gasteiger partial charge on any atom is -0.456 e. The summed E-state index contributed by atoms with van der Waals surface area (Å²) in [5.41, 5.74) is 0.194. The van der Waals surface area contributed by atoms with Gasteiger partial charge >= 0.3 is 23.9 Å². The molecule has 0 N–H and O–H groups in total. The van der Waals surface area contributed by atoms with Gasteiger partial charge < -0.3 is 18.9 Å². The molecule has 0 spiro atoms. The van der Waals surface area contributed by atoms with Crippen molar-refractivity contribution in [2.45, 2.75) is 9.79 Å². The number of esters is 4. The Balaban J connectivity index is 1.20. The van der Waals surface area contributed by atoms with E-state index in [-0.39, 0.29) is 55.0 Å². The Morgan fingerprint density at radius 1 is 0.487 bits per heavy atom. The molecule has 4 aromatic rings. The first-order valence-electron chi connectivity index (χ1n) is 11.3. The van der Waals surface area contributed by atoms with Crippen molar-refractivity contribution in [1.82, 2.24) is 0 Å². The van der Waals surface area contributed by atoms with Crippen LogP contribution in [0.4, 0.5) is 0 Å². The van der Waals surface area contributed by atoms with Crippen LogP contribution in [0, 0.1) is 0 Å². The standard InChI is InChI=1S/C28H14O10S/c29-25-19-3-1-5-21(23(19)27(31)37-25)35-15-7-11-17(12-8-15)39(33,34)18-13-9-16(10-14-18)36-22-6-2-4-20-24(22)28(32)38-26(20)30/h1-14H. The maximum Gasteiger partial charge on any atom is 0.350 e. The van der Waals surface area contributed by atoms with E-state index in [1.165, 1.54) is 84.9 Å². The molecule has 0 amide bonds. The van der Waals surface area contributed by atoms with Gasteiger partial charge in [-0.2, -0.15) is 0 Å². The van der Waals surface area contributed by atoms with E-state index >= 15 is 0 Å². The van der Waals surface area contributed by atoms with Gasteiger partial charge in [0.15, 0.2) is 0 Å². The summed E-state index contributed by atoms with van der Waals surface area (Å²) in [7, 11) is -3.92. The Kier molecular flexibility index (Phi) is 5.51. The molecule has 2 aliphatic rings. The average Bonchev–Trinajstić information content (AvgIpc) is 3.39. The SMILES string of the molecule is O=C1OC(=O)c2c(Oc3ccc(S(=O)(=O)c4ccc(Oc5cccc6c5C(=O)OC6=O)cc4)cc3)cccc21. The maximum absolute atomic E-state index is 13.2. The molecule has 0 unspecified atom stereocenters. The monoisotopic (exact) mass is 542 g/mol. The molecule has 0 aliphatic carbocycles. The summed E-state index contributed by atoms with van der Waals surface area (Å²) in [6.45, 7) is 0. The number of fused-ring (bicyclic) bond motifs is 2. The van der Waals surface area contributed by atoms with Crippen molar-refractivity contribution in [2.24, 2.45) is 0 Å². The molecule has 192 valence electrons. The Morgan fingerprint density at radius 2 is 0.872 bits per heavy atom. The Labute approximate surface area is 220 Å². The van der Waals surface area contributed by atoms with Gasteiger partial charge in [0.05, 0.1) is 20.9 Å². The fraction of sp³-hybridized carbons (Fsp3) is 0. The third kappa shape index (κ3) is 4.10. The van der Waals surface area contributed by atoms with Gasteiger partial charge in [0.1, 0.15) is 34.1 Å². The highest BCUT2D eigenvalue weighted by atomic mass is 32.2. The second-order valence-corrected chi connectivity index (χ2v) is 10.3. The van der Waals surface area contributed by atoms with Crippen LogP contribution < -0.4 is 9.47 Å². The molecule has 0 radical (unpaired) electrons. The fourth-order valence-corrected chi connectivity index (χ4v) is 5.40. The average molecular weight is 542 g/mol. The molecule has 2 aliphatic heterocycles. The molecule has 11 heteroatoms. The second kappa shape index (κ2) is 8.92. The number of ether oxygens (including phenoxy) is 4. The van der Waals surface area contributed by atoms with E-state index in [2.05, 4.69) is 9.47 Å². The minimum atomic E-state index is -3.92. The first kappa shape index (κ1) is 24.1. The smallest absolute Gasteiger partial charge is 0.350 e. The molecule has 39 heavy (non-hydrogen) atoms. The van der Waals surface area contributed by atoms with Gasteiger partial charge in [-0.05, 0) is 72.8 Å². The molecule has 4 aromatic carbocycles. The van der Waals surface area contributed by atoms with Gasteiger partial charge in [0, 0.05) is 0 Å². The molecule has 0 fully saturated rings. The molecule has 0 saturated carbocycles. The zero-order valence-electron chi connectivity index (χ0n) is 19.6. The van der Waals surface area contributed by atoms with Crippen molar-refractivity contribution < 1.29 is 46.5 Å². The van der Waals surface area contributed by atoms with E-state index < -0.39 is 33.7 Å². The maximum atomic E-state index is 13.2. The van der Waals surface area contributed by atoms with E-state index in [9.17, 15) is 27.6 Å². The number of cyclic esters (lactones) is 4. The van der Waals surface area contributed by atoms with Crippen molar-refractivity contribution in [1.29, 1.82) is 0 Å². The van der Waals surface area contributed by atoms with Gasteiger partial charge in [0.2, 0.25) is 9.84 Å². The molecule has 2 heterocycles. The Bertz CT molecular complexity index is 1690. The number of hydrogen-bond acceptors (Lipinski definition) is 10. The van der Waals surface area contributed by atoms with Crippen molar-refractivity contribution in [3.63, 3.8) is 0 Å². The van der Waals surface area contributed by atoms with Crippen LogP contribution in [0.5, 0.6) is 23.0 Å². The van der Waals surface area contributed by atoms with Crippen molar-refractivity contribution in [3.05, 3.63) is 107 Å². The van der Waals surface area contributed by atoms with Crippen molar-refractivity contribution >= 4 is 33.7 Å². The van der Waals surface area contributed by atoms with Crippen LogP contribution in [0.3, 0.4) is 0 Å². The van der Waals surface area contributed by atoms with E-state index in [0.29, 0.717) is 0 Å². The molecular weight excluding hydrogens is 528 g/mol. The summed E-state index contributed by atoms with van der Waals surface area (Å²) in [6, 6.07) is 20.0. The highest BCUT2D eigenvalue weighted by molar-refractivity contribution is 7.91. The van der Waals surface area contributed by atoms with Gasteiger partial charge in [-0.3, -0.25) is 0 Å². The summed E-state index contributed by atoms with van der Waals surface area (Å²) in [5, 5.41) is 0. The van der Waals surface area contributed by atoms with Crippen LogP contribution in [0.15, 0.2) is 94.7 Å². The number of carbonyl (C=O) groups is 4. The van der Waals surface area contributed by atoms with Gasteiger partial charge in [-0.15, -0.1) is 0 Å². The lowest BCUT2D eigenvalue weighted by atomic mass is 10.1. The summed E-state index contributed by atoms with van der Waals surface area (Å²) in [6.07, 6.45) is 0. The molecular formula is C28H14O10S. The van der Waals surface area contributed by atoms with Crippen LogP contribution in [-0.4, -0.2) is 32.3 Å². The predicted molar refractivity (Wildman–Crippen MR) is 131 cm³/mol. The number of carbonyl (C=O) groups excluding carboxylic acids is 4. The third-order valence-electron chi connectivity index (χ3n) is 6.00. The second-order valence-electron chi connectivity index (χ2n) is 8.36.